The smallest absolute Gasteiger partial charge is 0.0931 e. The minimum atomic E-state index is 0.432. The third-order valence-corrected chi connectivity index (χ3v) is 5.12. The Labute approximate surface area is 136 Å². The zero-order valence-corrected chi connectivity index (χ0v) is 14.8. The highest BCUT2D eigenvalue weighted by Crippen LogP contribution is 2.24. The van der Waals surface area contributed by atoms with Gasteiger partial charge >= 0.3 is 0 Å². The van der Waals surface area contributed by atoms with Gasteiger partial charge in [-0.1, -0.05) is 18.5 Å². The highest BCUT2D eigenvalue weighted by atomic mass is 35.5. The van der Waals surface area contributed by atoms with Crippen molar-refractivity contribution in [1.29, 1.82) is 0 Å². The van der Waals surface area contributed by atoms with Crippen LogP contribution >= 0.6 is 22.9 Å². The molecule has 0 bridgehead atoms. The number of aryl methyl sites for hydroxylation is 2. The molecule has 0 spiro atoms. The Balaban J connectivity index is 2.12. The molecule has 2 rings (SSSR count). The Hall–Kier alpha value is -0.840. The molecule has 2 aromatic rings. The van der Waals surface area contributed by atoms with E-state index in [0.29, 0.717) is 6.04 Å². The number of hydrogen-bond acceptors (Lipinski definition) is 3. The summed E-state index contributed by atoms with van der Waals surface area (Å²) in [4.78, 5) is 1.34. The second-order valence-electron chi connectivity index (χ2n) is 5.54. The molecule has 21 heavy (non-hydrogen) atoms. The van der Waals surface area contributed by atoms with E-state index >= 15 is 0 Å². The summed E-state index contributed by atoms with van der Waals surface area (Å²) in [5.41, 5.74) is 3.77. The lowest BCUT2D eigenvalue weighted by Crippen LogP contribution is -2.34. The predicted octanol–water partition coefficient (Wildman–Crippen LogP) is 3.91. The average molecular weight is 326 g/mol. The summed E-state index contributed by atoms with van der Waals surface area (Å²) in [6, 6.07) is 4.55. The van der Waals surface area contributed by atoms with E-state index in [0.717, 1.165) is 35.8 Å². The molecule has 1 N–H and O–H groups in total. The molecule has 0 saturated heterocycles. The van der Waals surface area contributed by atoms with Crippen molar-refractivity contribution in [1.82, 2.24) is 15.1 Å². The topological polar surface area (TPSA) is 29.9 Å². The molecule has 0 aliphatic rings. The number of hydrogen-bond donors (Lipinski definition) is 1. The molecule has 2 aromatic heterocycles. The van der Waals surface area contributed by atoms with E-state index in [4.69, 9.17) is 11.6 Å². The lowest BCUT2D eigenvalue weighted by Gasteiger charge is -2.18. The summed E-state index contributed by atoms with van der Waals surface area (Å²) >= 11 is 7.73. The van der Waals surface area contributed by atoms with Gasteiger partial charge < -0.3 is 5.32 Å². The SMILES string of the molecule is CCCNC(Cc1ccc(Cl)s1)Cc1c(C)nn(C)c1C. The van der Waals surface area contributed by atoms with Crippen LogP contribution in [-0.4, -0.2) is 22.4 Å². The van der Waals surface area contributed by atoms with Gasteiger partial charge in [0.2, 0.25) is 0 Å². The maximum atomic E-state index is 6.05. The molecular weight excluding hydrogens is 302 g/mol. The molecule has 5 heteroatoms. The molecule has 0 radical (unpaired) electrons. The van der Waals surface area contributed by atoms with Crippen molar-refractivity contribution in [2.24, 2.45) is 7.05 Å². The summed E-state index contributed by atoms with van der Waals surface area (Å²) in [5.74, 6) is 0. The Kier molecular flexibility index (Phi) is 5.85. The molecule has 116 valence electrons. The van der Waals surface area contributed by atoms with Crippen molar-refractivity contribution >= 4 is 22.9 Å². The van der Waals surface area contributed by atoms with Crippen molar-refractivity contribution in [3.05, 3.63) is 38.3 Å². The second kappa shape index (κ2) is 7.43. The van der Waals surface area contributed by atoms with Crippen LogP contribution in [0.25, 0.3) is 0 Å². The summed E-state index contributed by atoms with van der Waals surface area (Å²) in [6.07, 6.45) is 3.18. The van der Waals surface area contributed by atoms with Gasteiger partial charge in [0, 0.05) is 23.7 Å². The highest BCUT2D eigenvalue weighted by Gasteiger charge is 2.17. The van der Waals surface area contributed by atoms with Crippen LogP contribution in [0.3, 0.4) is 0 Å². The van der Waals surface area contributed by atoms with E-state index in [2.05, 4.69) is 37.3 Å². The fourth-order valence-electron chi connectivity index (χ4n) is 2.63. The third-order valence-electron chi connectivity index (χ3n) is 3.87. The van der Waals surface area contributed by atoms with Gasteiger partial charge in [-0.05, 0) is 57.4 Å². The molecule has 3 nitrogen and oxygen atoms in total. The summed E-state index contributed by atoms with van der Waals surface area (Å²) in [6.45, 7) is 7.49. The fourth-order valence-corrected chi connectivity index (χ4v) is 3.80. The van der Waals surface area contributed by atoms with E-state index in [1.54, 1.807) is 11.3 Å². The molecule has 0 saturated carbocycles. The maximum absolute atomic E-state index is 6.05. The van der Waals surface area contributed by atoms with Gasteiger partial charge in [0.05, 0.1) is 10.0 Å². The Morgan fingerprint density at radius 2 is 2.10 bits per heavy atom. The first-order chi connectivity index (χ1) is 10.0. The molecule has 2 heterocycles. The van der Waals surface area contributed by atoms with Crippen molar-refractivity contribution in [3.63, 3.8) is 0 Å². The Morgan fingerprint density at radius 1 is 1.33 bits per heavy atom. The van der Waals surface area contributed by atoms with Gasteiger partial charge in [0.25, 0.3) is 0 Å². The molecule has 0 aliphatic heterocycles. The van der Waals surface area contributed by atoms with Crippen molar-refractivity contribution < 1.29 is 0 Å². The Bertz CT molecular complexity index is 588. The normalized spacial score (nSPS) is 12.8. The minimum Gasteiger partial charge on any atom is -0.313 e. The van der Waals surface area contributed by atoms with Crippen LogP contribution in [0, 0.1) is 13.8 Å². The monoisotopic (exact) mass is 325 g/mol. The standard InChI is InChI=1S/C16H24ClN3S/c1-5-8-18-13(9-14-6-7-16(17)21-14)10-15-11(2)19-20(4)12(15)3/h6-7,13,18H,5,8-10H2,1-4H3. The fraction of sp³-hybridized carbons (Fsp3) is 0.562. The third kappa shape index (κ3) is 4.31. The number of thiophene rings is 1. The van der Waals surface area contributed by atoms with E-state index in [1.165, 1.54) is 16.1 Å². The minimum absolute atomic E-state index is 0.432. The number of rotatable bonds is 7. The Morgan fingerprint density at radius 3 is 2.62 bits per heavy atom. The van der Waals surface area contributed by atoms with Crippen LogP contribution in [0.1, 0.15) is 35.2 Å². The van der Waals surface area contributed by atoms with Gasteiger partial charge in [0.1, 0.15) is 0 Å². The van der Waals surface area contributed by atoms with Crippen molar-refractivity contribution in [2.75, 3.05) is 6.54 Å². The zero-order chi connectivity index (χ0) is 15.4. The number of nitrogens with zero attached hydrogens (tertiary/aromatic N) is 2. The van der Waals surface area contributed by atoms with E-state index in [9.17, 15) is 0 Å². The van der Waals surface area contributed by atoms with Crippen LogP contribution in [0.15, 0.2) is 12.1 Å². The van der Waals surface area contributed by atoms with Crippen LogP contribution in [0.4, 0.5) is 0 Å². The molecule has 0 fully saturated rings. The van der Waals surface area contributed by atoms with Crippen LogP contribution in [-0.2, 0) is 19.9 Å². The van der Waals surface area contributed by atoms with Gasteiger partial charge in [-0.2, -0.15) is 5.10 Å². The summed E-state index contributed by atoms with van der Waals surface area (Å²) in [5, 5.41) is 8.19. The molecule has 0 aliphatic carbocycles. The van der Waals surface area contributed by atoms with Crippen molar-refractivity contribution in [2.45, 2.75) is 46.1 Å². The maximum Gasteiger partial charge on any atom is 0.0931 e. The highest BCUT2D eigenvalue weighted by molar-refractivity contribution is 7.16. The number of halogens is 1. The van der Waals surface area contributed by atoms with Crippen LogP contribution in [0.5, 0.6) is 0 Å². The molecule has 1 unspecified atom stereocenters. The predicted molar refractivity (Wildman–Crippen MR) is 91.5 cm³/mol. The zero-order valence-electron chi connectivity index (χ0n) is 13.2. The van der Waals surface area contributed by atoms with Gasteiger partial charge in [-0.3, -0.25) is 4.68 Å². The molecule has 0 aromatic carbocycles. The van der Waals surface area contributed by atoms with Crippen LogP contribution in [0.2, 0.25) is 4.34 Å². The van der Waals surface area contributed by atoms with E-state index in [1.807, 2.05) is 17.8 Å². The lowest BCUT2D eigenvalue weighted by atomic mass is 10.0. The summed E-state index contributed by atoms with van der Waals surface area (Å²) < 4.78 is 2.84. The number of nitrogens with one attached hydrogen (secondary N) is 1. The molecule has 0 amide bonds. The number of aromatic nitrogens is 2. The summed E-state index contributed by atoms with van der Waals surface area (Å²) in [7, 11) is 2.01. The molecule has 1 atom stereocenters. The van der Waals surface area contributed by atoms with E-state index < -0.39 is 0 Å². The first-order valence-corrected chi connectivity index (χ1v) is 8.67. The van der Waals surface area contributed by atoms with Gasteiger partial charge in [-0.25, -0.2) is 0 Å². The lowest BCUT2D eigenvalue weighted by molar-refractivity contribution is 0.505. The van der Waals surface area contributed by atoms with Crippen molar-refractivity contribution in [3.8, 4) is 0 Å². The largest absolute Gasteiger partial charge is 0.313 e. The second-order valence-corrected chi connectivity index (χ2v) is 7.34. The van der Waals surface area contributed by atoms with E-state index in [-0.39, 0.29) is 0 Å². The first-order valence-electron chi connectivity index (χ1n) is 7.48. The quantitative estimate of drug-likeness (QED) is 0.836. The molecular formula is C16H24ClN3S. The van der Waals surface area contributed by atoms with Gasteiger partial charge in [0.15, 0.2) is 0 Å². The van der Waals surface area contributed by atoms with Gasteiger partial charge in [-0.15, -0.1) is 11.3 Å². The average Bonchev–Trinajstić information content (AvgIpc) is 2.94. The first kappa shape index (κ1) is 16.5. The van der Waals surface area contributed by atoms with Crippen LogP contribution < -0.4 is 5.32 Å².